The maximum Gasteiger partial charge on any atom is 0.260 e. The summed E-state index contributed by atoms with van der Waals surface area (Å²) < 4.78 is 0. The van der Waals surface area contributed by atoms with Gasteiger partial charge in [-0.25, -0.2) is 4.98 Å². The average molecular weight is 400 g/mol. The number of aromatic nitrogens is 3. The van der Waals surface area contributed by atoms with Gasteiger partial charge in [-0.3, -0.25) is 4.79 Å². The van der Waals surface area contributed by atoms with Crippen LogP contribution in [-0.4, -0.2) is 15.0 Å². The van der Waals surface area contributed by atoms with Gasteiger partial charge in [-0.1, -0.05) is 31.0 Å². The van der Waals surface area contributed by atoms with Crippen molar-refractivity contribution in [2.75, 3.05) is 0 Å². The Morgan fingerprint density at radius 2 is 1.69 bits per heavy atom. The molecule has 0 saturated carbocycles. The molecule has 0 bridgehead atoms. The van der Waals surface area contributed by atoms with Gasteiger partial charge in [-0.2, -0.15) is 0 Å². The van der Waals surface area contributed by atoms with Crippen molar-refractivity contribution in [3.63, 3.8) is 0 Å². The lowest BCUT2D eigenvalue weighted by Gasteiger charge is -2.08. The summed E-state index contributed by atoms with van der Waals surface area (Å²) in [5.74, 6) is 0.656. The van der Waals surface area contributed by atoms with Crippen molar-refractivity contribution < 1.29 is 0 Å². The van der Waals surface area contributed by atoms with Crippen molar-refractivity contribution >= 4 is 43.4 Å². The monoisotopic (exact) mass is 399 g/mol. The standard InChI is InChI=1S/C24H21N3OS/c28-23-21-16-8-3-1-2-4-10-20(16)29-24(21)27-22(26-23)14-11-12-19-17(13-14)15-7-5-6-9-18(15)25-19/h5-7,9,11-13,25H,1-4,8,10H2,(H,26,27,28). The number of aryl methyl sites for hydroxylation is 2. The molecule has 0 unspecified atom stereocenters. The van der Waals surface area contributed by atoms with E-state index in [0.717, 1.165) is 51.5 Å². The fourth-order valence-electron chi connectivity index (χ4n) is 4.65. The molecule has 0 spiro atoms. The highest BCUT2D eigenvalue weighted by Gasteiger charge is 2.19. The van der Waals surface area contributed by atoms with E-state index >= 15 is 0 Å². The number of nitrogens with zero attached hydrogens (tertiary/aromatic N) is 1. The van der Waals surface area contributed by atoms with E-state index in [1.54, 1.807) is 11.3 Å². The van der Waals surface area contributed by atoms with Crippen LogP contribution in [0, 0.1) is 0 Å². The molecule has 5 aromatic rings. The van der Waals surface area contributed by atoms with E-state index < -0.39 is 0 Å². The summed E-state index contributed by atoms with van der Waals surface area (Å²) >= 11 is 1.72. The van der Waals surface area contributed by atoms with E-state index in [1.807, 2.05) is 12.1 Å². The first-order chi connectivity index (χ1) is 14.3. The number of rotatable bonds is 1. The van der Waals surface area contributed by atoms with E-state index in [9.17, 15) is 4.79 Å². The van der Waals surface area contributed by atoms with Crippen LogP contribution < -0.4 is 5.56 Å². The fraction of sp³-hybridized carbons (Fsp3) is 0.250. The Morgan fingerprint density at radius 1 is 0.862 bits per heavy atom. The van der Waals surface area contributed by atoms with Crippen LogP contribution in [0.15, 0.2) is 47.3 Å². The Kier molecular flexibility index (Phi) is 3.84. The molecule has 0 radical (unpaired) electrons. The van der Waals surface area contributed by atoms with Crippen molar-refractivity contribution in [2.24, 2.45) is 0 Å². The lowest BCUT2D eigenvalue weighted by atomic mass is 9.98. The largest absolute Gasteiger partial charge is 0.355 e. The third kappa shape index (κ3) is 2.72. The summed E-state index contributed by atoms with van der Waals surface area (Å²) in [6, 6.07) is 14.5. The minimum absolute atomic E-state index is 0.00194. The van der Waals surface area contributed by atoms with Gasteiger partial charge in [0.1, 0.15) is 10.7 Å². The van der Waals surface area contributed by atoms with Crippen molar-refractivity contribution in [1.82, 2.24) is 15.0 Å². The Bertz CT molecular complexity index is 1440. The Labute approximate surface area is 171 Å². The van der Waals surface area contributed by atoms with Gasteiger partial charge in [-0.15, -0.1) is 11.3 Å². The molecule has 0 atom stereocenters. The van der Waals surface area contributed by atoms with Gasteiger partial charge in [-0.05, 0) is 55.5 Å². The minimum Gasteiger partial charge on any atom is -0.355 e. The van der Waals surface area contributed by atoms with Crippen LogP contribution in [0.2, 0.25) is 0 Å². The summed E-state index contributed by atoms with van der Waals surface area (Å²) in [4.78, 5) is 26.7. The first-order valence-corrected chi connectivity index (χ1v) is 11.1. The highest BCUT2D eigenvalue weighted by Crippen LogP contribution is 2.34. The summed E-state index contributed by atoms with van der Waals surface area (Å²) in [5, 5.41) is 3.16. The van der Waals surface area contributed by atoms with Gasteiger partial charge in [0.15, 0.2) is 0 Å². The van der Waals surface area contributed by atoms with E-state index in [2.05, 4.69) is 40.3 Å². The van der Waals surface area contributed by atoms with Crippen LogP contribution in [0.25, 0.3) is 43.4 Å². The van der Waals surface area contributed by atoms with Crippen molar-refractivity contribution in [3.8, 4) is 11.4 Å². The van der Waals surface area contributed by atoms with Gasteiger partial charge in [0.25, 0.3) is 5.56 Å². The molecule has 144 valence electrons. The van der Waals surface area contributed by atoms with Crippen LogP contribution in [0.4, 0.5) is 0 Å². The van der Waals surface area contributed by atoms with Gasteiger partial charge in [0, 0.05) is 32.2 Å². The fourth-order valence-corrected chi connectivity index (χ4v) is 5.91. The average Bonchev–Trinajstić information content (AvgIpc) is 3.25. The molecular formula is C24H21N3OS. The molecule has 2 N–H and O–H groups in total. The highest BCUT2D eigenvalue weighted by molar-refractivity contribution is 7.18. The quantitative estimate of drug-likeness (QED) is 0.366. The second kappa shape index (κ2) is 6.56. The summed E-state index contributed by atoms with van der Waals surface area (Å²) in [5.41, 5.74) is 4.41. The normalized spacial score (nSPS) is 14.9. The molecule has 3 aromatic heterocycles. The number of H-pyrrole nitrogens is 2. The predicted molar refractivity (Wildman–Crippen MR) is 121 cm³/mol. The Morgan fingerprint density at radius 3 is 2.62 bits per heavy atom. The second-order valence-corrected chi connectivity index (χ2v) is 9.03. The maximum absolute atomic E-state index is 13.0. The number of fused-ring (bicyclic) bond motifs is 6. The highest BCUT2D eigenvalue weighted by atomic mass is 32.1. The van der Waals surface area contributed by atoms with E-state index in [-0.39, 0.29) is 5.56 Å². The molecule has 29 heavy (non-hydrogen) atoms. The SMILES string of the molecule is O=c1[nH]c(-c2ccc3[nH]c4ccccc4c3c2)nc2sc3c(c12)CCCCCC3. The number of hydrogen-bond donors (Lipinski definition) is 2. The zero-order valence-corrected chi connectivity index (χ0v) is 16.9. The van der Waals surface area contributed by atoms with Gasteiger partial charge in [0.05, 0.1) is 5.39 Å². The van der Waals surface area contributed by atoms with Crippen LogP contribution >= 0.6 is 11.3 Å². The topological polar surface area (TPSA) is 61.5 Å². The zero-order valence-electron chi connectivity index (χ0n) is 16.0. The number of hydrogen-bond acceptors (Lipinski definition) is 3. The van der Waals surface area contributed by atoms with Gasteiger partial charge >= 0.3 is 0 Å². The molecule has 1 aliphatic rings. The van der Waals surface area contributed by atoms with E-state index in [0.29, 0.717) is 5.82 Å². The van der Waals surface area contributed by atoms with Crippen LogP contribution in [0.1, 0.15) is 36.1 Å². The molecule has 0 amide bonds. The number of thiophene rings is 1. The molecule has 4 nitrogen and oxygen atoms in total. The van der Waals surface area contributed by atoms with E-state index in [1.165, 1.54) is 35.1 Å². The molecule has 6 rings (SSSR count). The number of para-hydroxylation sites is 1. The summed E-state index contributed by atoms with van der Waals surface area (Å²) in [7, 11) is 0. The number of benzene rings is 2. The molecule has 3 heterocycles. The number of aromatic amines is 2. The van der Waals surface area contributed by atoms with Crippen molar-refractivity contribution in [1.29, 1.82) is 0 Å². The molecule has 2 aromatic carbocycles. The lowest BCUT2D eigenvalue weighted by molar-refractivity contribution is 0.623. The van der Waals surface area contributed by atoms with Crippen LogP contribution in [-0.2, 0) is 12.8 Å². The first-order valence-electron chi connectivity index (χ1n) is 10.3. The Hall–Kier alpha value is -2.92. The molecule has 5 heteroatoms. The summed E-state index contributed by atoms with van der Waals surface area (Å²) in [6.45, 7) is 0. The minimum atomic E-state index is 0.00194. The third-order valence-electron chi connectivity index (χ3n) is 6.10. The number of nitrogens with one attached hydrogen (secondary N) is 2. The van der Waals surface area contributed by atoms with Gasteiger partial charge < -0.3 is 9.97 Å². The first kappa shape index (κ1) is 17.0. The van der Waals surface area contributed by atoms with Crippen LogP contribution in [0.5, 0.6) is 0 Å². The maximum atomic E-state index is 13.0. The lowest BCUT2D eigenvalue weighted by Crippen LogP contribution is -2.10. The molecular weight excluding hydrogens is 378 g/mol. The molecule has 0 aliphatic heterocycles. The zero-order chi connectivity index (χ0) is 19.4. The summed E-state index contributed by atoms with van der Waals surface area (Å²) in [6.07, 6.45) is 6.99. The van der Waals surface area contributed by atoms with Crippen molar-refractivity contribution in [3.05, 3.63) is 63.3 Å². The molecule has 0 saturated heterocycles. The Balaban J connectivity index is 1.54. The second-order valence-electron chi connectivity index (χ2n) is 7.94. The molecule has 0 fully saturated rings. The van der Waals surface area contributed by atoms with Gasteiger partial charge in [0.2, 0.25) is 0 Å². The predicted octanol–water partition coefficient (Wildman–Crippen LogP) is 5.95. The third-order valence-corrected chi connectivity index (χ3v) is 7.29. The molecule has 1 aliphatic carbocycles. The smallest absolute Gasteiger partial charge is 0.260 e. The van der Waals surface area contributed by atoms with E-state index in [4.69, 9.17) is 4.98 Å². The van der Waals surface area contributed by atoms with Crippen LogP contribution in [0.3, 0.4) is 0 Å². The van der Waals surface area contributed by atoms with Crippen molar-refractivity contribution in [2.45, 2.75) is 38.5 Å².